The van der Waals surface area contributed by atoms with Gasteiger partial charge in [-0.15, -0.1) is 0 Å². The van der Waals surface area contributed by atoms with Crippen LogP contribution in [0.25, 0.3) is 11.6 Å². The van der Waals surface area contributed by atoms with Crippen molar-refractivity contribution in [2.24, 2.45) is 11.3 Å². The molecule has 74 valence electrons. The van der Waals surface area contributed by atoms with Crippen LogP contribution in [0, 0.1) is 11.3 Å². The minimum Gasteiger partial charge on any atom is -0.0810 e. The van der Waals surface area contributed by atoms with Gasteiger partial charge in [0.25, 0.3) is 0 Å². The van der Waals surface area contributed by atoms with E-state index < -0.39 is 0 Å². The summed E-state index contributed by atoms with van der Waals surface area (Å²) < 4.78 is 0. The Kier molecular flexibility index (Phi) is 1.29. The molecule has 0 nitrogen and oxygen atoms in total. The lowest BCUT2D eigenvalue weighted by Crippen LogP contribution is -2.22. The fourth-order valence-corrected chi connectivity index (χ4v) is 3.65. The molecule has 2 unspecified atom stereocenters. The molecule has 1 fully saturated rings. The van der Waals surface area contributed by atoms with E-state index in [-0.39, 0.29) is 0 Å². The highest BCUT2D eigenvalue weighted by Gasteiger charge is 2.43. The highest BCUT2D eigenvalue weighted by atomic mass is 14.5. The van der Waals surface area contributed by atoms with Crippen molar-refractivity contribution in [3.63, 3.8) is 0 Å². The van der Waals surface area contributed by atoms with Gasteiger partial charge in [0.2, 0.25) is 0 Å². The monoisotopic (exact) mass is 194 g/mol. The van der Waals surface area contributed by atoms with Gasteiger partial charge in [-0.25, -0.2) is 0 Å². The zero-order chi connectivity index (χ0) is 9.88. The summed E-state index contributed by atoms with van der Waals surface area (Å²) in [5.41, 5.74) is 2.01. The average molecular weight is 194 g/mol. The lowest BCUT2D eigenvalue weighted by molar-refractivity contribution is 0.545. The first-order valence-corrected chi connectivity index (χ1v) is 5.88. The first-order valence-electron chi connectivity index (χ1n) is 5.88. The molecule has 0 aromatic heterocycles. The van der Waals surface area contributed by atoms with Crippen LogP contribution in [0.2, 0.25) is 0 Å². The molecule has 1 aromatic carbocycles. The van der Waals surface area contributed by atoms with Crippen molar-refractivity contribution in [3.05, 3.63) is 46.9 Å². The highest BCUT2D eigenvalue weighted by Crippen LogP contribution is 2.53. The van der Waals surface area contributed by atoms with Gasteiger partial charge in [0, 0.05) is 5.41 Å². The van der Waals surface area contributed by atoms with Gasteiger partial charge in [0.15, 0.2) is 0 Å². The van der Waals surface area contributed by atoms with Crippen molar-refractivity contribution in [1.29, 1.82) is 0 Å². The third kappa shape index (κ3) is 0.878. The van der Waals surface area contributed by atoms with Crippen molar-refractivity contribution in [2.45, 2.75) is 19.3 Å². The molecule has 3 aliphatic rings. The number of allylic oxidation sites excluding steroid dienone is 2. The second kappa shape index (κ2) is 2.44. The molecule has 1 saturated carbocycles. The summed E-state index contributed by atoms with van der Waals surface area (Å²) in [4.78, 5) is 0. The highest BCUT2D eigenvalue weighted by molar-refractivity contribution is 5.76. The van der Waals surface area contributed by atoms with Crippen LogP contribution in [0.4, 0.5) is 0 Å². The molecule has 0 amide bonds. The lowest BCUT2D eigenvalue weighted by atomic mass is 9.77. The Hall–Kier alpha value is -1.30. The summed E-state index contributed by atoms with van der Waals surface area (Å²) in [6, 6.07) is 8.85. The van der Waals surface area contributed by atoms with Gasteiger partial charge >= 0.3 is 0 Å². The standard InChI is InChI=1S/C15H14/c1-2-4-13-12(3-1)10-15-8-7-11(9-15)5-6-14(13)15/h1-6,10-11H,7-9H2. The molecule has 0 aliphatic heterocycles. The average Bonchev–Trinajstić information content (AvgIpc) is 2.76. The maximum atomic E-state index is 2.53. The molecular formula is C15H14. The first kappa shape index (κ1) is 7.92. The van der Waals surface area contributed by atoms with Crippen LogP contribution in [-0.4, -0.2) is 0 Å². The minimum atomic E-state index is 0.420. The number of rotatable bonds is 0. The lowest BCUT2D eigenvalue weighted by Gasteiger charge is -2.27. The van der Waals surface area contributed by atoms with Gasteiger partial charge in [-0.05, 0) is 41.2 Å². The van der Waals surface area contributed by atoms with Gasteiger partial charge in [-0.3, -0.25) is 0 Å². The Morgan fingerprint density at radius 3 is 3.13 bits per heavy atom. The van der Waals surface area contributed by atoms with Crippen molar-refractivity contribution < 1.29 is 0 Å². The summed E-state index contributed by atoms with van der Waals surface area (Å²) in [6.45, 7) is 0. The van der Waals surface area contributed by atoms with Crippen LogP contribution in [0.1, 0.15) is 19.3 Å². The minimum absolute atomic E-state index is 0.420. The molecule has 0 radical (unpaired) electrons. The molecule has 4 rings (SSSR count). The number of fused-ring (bicyclic) bond motifs is 2. The molecular weight excluding hydrogens is 180 g/mol. The second-order valence-corrected chi connectivity index (χ2v) is 5.16. The third-order valence-corrected chi connectivity index (χ3v) is 4.34. The van der Waals surface area contributed by atoms with Crippen LogP contribution in [0.5, 0.6) is 0 Å². The van der Waals surface area contributed by atoms with Gasteiger partial charge in [-0.1, -0.05) is 42.5 Å². The third-order valence-electron chi connectivity index (χ3n) is 4.34. The fraction of sp³-hybridized carbons (Fsp3) is 0.333. The van der Waals surface area contributed by atoms with E-state index in [0.717, 1.165) is 5.92 Å². The molecule has 1 spiro atoms. The molecule has 3 aliphatic carbocycles. The number of hydrogen-bond acceptors (Lipinski definition) is 0. The Morgan fingerprint density at radius 2 is 2.13 bits per heavy atom. The zero-order valence-corrected chi connectivity index (χ0v) is 8.74. The summed E-state index contributed by atoms with van der Waals surface area (Å²) in [5, 5.41) is 2.94. The molecule has 0 N–H and O–H groups in total. The van der Waals surface area contributed by atoms with Crippen LogP contribution in [0.15, 0.2) is 36.4 Å². The first-order chi connectivity index (χ1) is 7.37. The predicted molar refractivity (Wildman–Crippen MR) is 62.5 cm³/mol. The van der Waals surface area contributed by atoms with E-state index in [2.05, 4.69) is 42.5 Å². The summed E-state index contributed by atoms with van der Waals surface area (Å²) in [5.74, 6) is 0.847. The molecule has 2 atom stereocenters. The van der Waals surface area contributed by atoms with Gasteiger partial charge in [-0.2, -0.15) is 0 Å². The van der Waals surface area contributed by atoms with E-state index >= 15 is 0 Å². The Balaban J connectivity index is 2.16. The Bertz CT molecular complexity index is 576. The molecule has 0 heteroatoms. The van der Waals surface area contributed by atoms with Crippen LogP contribution in [-0.2, 0) is 0 Å². The SMILES string of the molecule is C1=CC2CCC3(C=c4ccccc4=C13)C2. The zero-order valence-electron chi connectivity index (χ0n) is 8.74. The second-order valence-electron chi connectivity index (χ2n) is 5.16. The number of hydrogen-bond donors (Lipinski definition) is 0. The Labute approximate surface area is 89.6 Å². The topological polar surface area (TPSA) is 0 Å². The van der Waals surface area contributed by atoms with Crippen molar-refractivity contribution >= 4 is 11.6 Å². The smallest absolute Gasteiger partial charge is 0.0153 e. The molecule has 2 bridgehead atoms. The van der Waals surface area contributed by atoms with Crippen molar-refractivity contribution in [1.82, 2.24) is 0 Å². The van der Waals surface area contributed by atoms with E-state index in [9.17, 15) is 0 Å². The molecule has 0 heterocycles. The summed E-state index contributed by atoms with van der Waals surface area (Å²) in [7, 11) is 0. The van der Waals surface area contributed by atoms with Gasteiger partial charge < -0.3 is 0 Å². The van der Waals surface area contributed by atoms with E-state index in [1.165, 1.54) is 29.7 Å². The van der Waals surface area contributed by atoms with E-state index in [1.54, 1.807) is 5.57 Å². The normalized spacial score (nSPS) is 34.9. The van der Waals surface area contributed by atoms with E-state index in [1.807, 2.05) is 0 Å². The van der Waals surface area contributed by atoms with Crippen molar-refractivity contribution in [2.75, 3.05) is 0 Å². The maximum Gasteiger partial charge on any atom is 0.0153 e. The molecule has 1 aromatic rings. The predicted octanol–water partition coefficient (Wildman–Crippen LogP) is 1.99. The van der Waals surface area contributed by atoms with E-state index in [4.69, 9.17) is 0 Å². The van der Waals surface area contributed by atoms with Crippen LogP contribution < -0.4 is 10.4 Å². The van der Waals surface area contributed by atoms with Gasteiger partial charge in [0.05, 0.1) is 0 Å². The van der Waals surface area contributed by atoms with Crippen LogP contribution in [0.3, 0.4) is 0 Å². The van der Waals surface area contributed by atoms with Crippen molar-refractivity contribution in [3.8, 4) is 0 Å². The van der Waals surface area contributed by atoms with Crippen LogP contribution >= 0.6 is 0 Å². The maximum absolute atomic E-state index is 2.53. The molecule has 0 saturated heterocycles. The molecule has 15 heavy (non-hydrogen) atoms. The summed E-state index contributed by atoms with van der Waals surface area (Å²) >= 11 is 0. The number of benzene rings is 1. The fourth-order valence-electron chi connectivity index (χ4n) is 3.65. The summed E-state index contributed by atoms with van der Waals surface area (Å²) in [6.07, 6.45) is 11.4. The Morgan fingerprint density at radius 1 is 1.20 bits per heavy atom. The van der Waals surface area contributed by atoms with Gasteiger partial charge in [0.1, 0.15) is 0 Å². The largest absolute Gasteiger partial charge is 0.0810 e. The quantitative estimate of drug-likeness (QED) is 0.592. The van der Waals surface area contributed by atoms with E-state index in [0.29, 0.717) is 5.41 Å².